The smallest absolute Gasteiger partial charge is 0.403 e. The highest BCUT2D eigenvalue weighted by Crippen LogP contribution is 2.47. The van der Waals surface area contributed by atoms with Crippen LogP contribution in [0.1, 0.15) is 82.9 Å². The number of alkyl halides is 1. The van der Waals surface area contributed by atoms with Gasteiger partial charge in [-0.2, -0.15) is 0 Å². The van der Waals surface area contributed by atoms with Gasteiger partial charge >= 0.3 is 7.12 Å². The van der Waals surface area contributed by atoms with E-state index >= 15 is 0 Å². The maximum absolute atomic E-state index is 7.10. The maximum Gasteiger partial charge on any atom is 0.466 e. The highest BCUT2D eigenvalue weighted by atomic mass is 79.9. The molecule has 8 heteroatoms. The minimum atomic E-state index is -0.511. The van der Waals surface area contributed by atoms with Gasteiger partial charge in [-0.25, -0.2) is 0 Å². The molecular formula is C40H54BBrO6. The van der Waals surface area contributed by atoms with Crippen LogP contribution >= 0.6 is 15.9 Å². The van der Waals surface area contributed by atoms with Crippen LogP contribution in [0.5, 0.6) is 0 Å². The normalized spacial score (nSPS) is 24.9. The molecule has 0 radical (unpaired) electrons. The first-order valence-electron chi connectivity index (χ1n) is 17.8. The summed E-state index contributed by atoms with van der Waals surface area (Å²) < 4.78 is 40.9. The number of hydrogen-bond acceptors (Lipinski definition) is 6. The lowest BCUT2D eigenvalue weighted by Crippen LogP contribution is -2.59. The Labute approximate surface area is 297 Å². The third-order valence-corrected chi connectivity index (χ3v) is 10.6. The summed E-state index contributed by atoms with van der Waals surface area (Å²) in [7, 11) is -0.511. The topological polar surface area (TPSA) is 55.4 Å². The van der Waals surface area contributed by atoms with Crippen molar-refractivity contribution in [2.75, 3.05) is 11.9 Å². The molecule has 260 valence electrons. The predicted octanol–water partition coefficient (Wildman–Crippen LogP) is 9.34. The molecule has 2 saturated heterocycles. The standard InChI is InChI=1S/C40H54BBrO6/c1-39(2)40(3,4)48-41(47-39)36-34(25-17-6-5-7-18-26-42)46-35(30-43-27-31-19-11-8-12-20-31)37(44-28-32-21-13-9-14-22-32)38(36)45-29-33-23-15-10-16-24-33/h8-16,19-24,34-38H,5-7,17-18,25-30H2,1-4H3/t34-,35-,36+,37-,38-/m1/s1. The van der Waals surface area contributed by atoms with Gasteiger partial charge in [-0.1, -0.05) is 133 Å². The zero-order chi connectivity index (χ0) is 33.8. The third kappa shape index (κ3) is 10.3. The Morgan fingerprint density at radius 1 is 0.604 bits per heavy atom. The van der Waals surface area contributed by atoms with Crippen LogP contribution in [-0.4, -0.2) is 54.7 Å². The van der Waals surface area contributed by atoms with Crippen molar-refractivity contribution in [3.8, 4) is 0 Å². The molecule has 2 aliphatic heterocycles. The molecule has 0 spiro atoms. The molecule has 0 aromatic heterocycles. The molecule has 0 unspecified atom stereocenters. The van der Waals surface area contributed by atoms with Gasteiger partial charge in [0.2, 0.25) is 0 Å². The molecule has 5 atom stereocenters. The van der Waals surface area contributed by atoms with Crippen LogP contribution < -0.4 is 0 Å². The summed E-state index contributed by atoms with van der Waals surface area (Å²) in [4.78, 5) is 0. The maximum atomic E-state index is 7.10. The number of ether oxygens (including phenoxy) is 4. The quantitative estimate of drug-likeness (QED) is 0.0742. The largest absolute Gasteiger partial charge is 0.466 e. The van der Waals surface area contributed by atoms with Crippen LogP contribution in [-0.2, 0) is 48.1 Å². The van der Waals surface area contributed by atoms with Gasteiger partial charge in [0.25, 0.3) is 0 Å². The molecule has 0 amide bonds. The first-order chi connectivity index (χ1) is 23.3. The minimum Gasteiger partial charge on any atom is -0.403 e. The van der Waals surface area contributed by atoms with Crippen molar-refractivity contribution in [2.45, 2.75) is 127 Å². The van der Waals surface area contributed by atoms with Crippen LogP contribution in [0.25, 0.3) is 0 Å². The number of unbranched alkanes of at least 4 members (excludes halogenated alkanes) is 4. The van der Waals surface area contributed by atoms with Gasteiger partial charge in [0, 0.05) is 11.1 Å². The van der Waals surface area contributed by atoms with Gasteiger partial charge < -0.3 is 28.3 Å². The van der Waals surface area contributed by atoms with Crippen LogP contribution in [0.2, 0.25) is 5.82 Å². The average molecular weight is 722 g/mol. The Balaban J connectivity index is 1.45. The summed E-state index contributed by atoms with van der Waals surface area (Å²) >= 11 is 3.57. The van der Waals surface area contributed by atoms with Gasteiger partial charge in [0.1, 0.15) is 12.2 Å². The molecule has 3 aromatic rings. The second kappa shape index (κ2) is 18.3. The van der Waals surface area contributed by atoms with E-state index in [0.717, 1.165) is 41.3 Å². The third-order valence-electron chi connectivity index (χ3n) is 10.0. The lowest BCUT2D eigenvalue weighted by Gasteiger charge is -2.47. The number of hydrogen-bond donors (Lipinski definition) is 0. The summed E-state index contributed by atoms with van der Waals surface area (Å²) in [6.45, 7) is 10.2. The van der Waals surface area contributed by atoms with E-state index in [-0.39, 0.29) is 24.1 Å². The van der Waals surface area contributed by atoms with E-state index in [1.54, 1.807) is 0 Å². The molecule has 5 rings (SSSR count). The first kappa shape index (κ1) is 37.2. The Morgan fingerprint density at radius 3 is 1.62 bits per heavy atom. The molecule has 48 heavy (non-hydrogen) atoms. The van der Waals surface area contributed by atoms with Crippen molar-refractivity contribution < 1.29 is 28.3 Å². The van der Waals surface area contributed by atoms with Crippen LogP contribution in [0.3, 0.4) is 0 Å². The van der Waals surface area contributed by atoms with Crippen LogP contribution in [0.15, 0.2) is 91.0 Å². The Hall–Kier alpha value is -2.04. The van der Waals surface area contributed by atoms with E-state index in [4.69, 9.17) is 28.3 Å². The van der Waals surface area contributed by atoms with Crippen molar-refractivity contribution >= 4 is 23.0 Å². The zero-order valence-electron chi connectivity index (χ0n) is 29.2. The summed E-state index contributed by atoms with van der Waals surface area (Å²) in [5.74, 6) is -0.205. The Morgan fingerprint density at radius 2 is 1.08 bits per heavy atom. The molecule has 0 bridgehead atoms. The molecule has 2 aliphatic rings. The lowest BCUT2D eigenvalue weighted by atomic mass is 9.61. The van der Waals surface area contributed by atoms with Crippen molar-refractivity contribution in [3.63, 3.8) is 0 Å². The second-order valence-corrected chi connectivity index (χ2v) is 15.0. The monoisotopic (exact) mass is 720 g/mol. The number of benzene rings is 3. The van der Waals surface area contributed by atoms with E-state index in [9.17, 15) is 0 Å². The zero-order valence-corrected chi connectivity index (χ0v) is 30.8. The van der Waals surface area contributed by atoms with Crippen molar-refractivity contribution in [1.82, 2.24) is 0 Å². The predicted molar refractivity (Wildman–Crippen MR) is 196 cm³/mol. The van der Waals surface area contributed by atoms with E-state index in [2.05, 4.69) is 92.2 Å². The lowest BCUT2D eigenvalue weighted by molar-refractivity contribution is -0.224. The van der Waals surface area contributed by atoms with Crippen molar-refractivity contribution in [2.24, 2.45) is 0 Å². The SMILES string of the molecule is CC1(C)OB([C@@H]2[C@@H](OCc3ccccc3)[C@H](OCc3ccccc3)[C@@H](COCc3ccccc3)O[C@@H]2CCCCCCCBr)OC1(C)C. The Kier molecular flexibility index (Phi) is 14.2. The molecule has 2 fully saturated rings. The molecule has 0 saturated carbocycles. The number of rotatable bonds is 18. The first-order valence-corrected chi connectivity index (χ1v) is 18.9. The number of halogens is 1. The van der Waals surface area contributed by atoms with Gasteiger partial charge in [-0.05, 0) is 57.2 Å². The minimum absolute atomic E-state index is 0.154. The van der Waals surface area contributed by atoms with E-state index in [1.807, 2.05) is 42.5 Å². The van der Waals surface area contributed by atoms with Gasteiger partial charge in [-0.3, -0.25) is 0 Å². The molecule has 3 aromatic carbocycles. The van der Waals surface area contributed by atoms with Gasteiger partial charge in [-0.15, -0.1) is 0 Å². The van der Waals surface area contributed by atoms with Gasteiger partial charge in [0.15, 0.2) is 0 Å². The highest BCUT2D eigenvalue weighted by Gasteiger charge is 2.60. The van der Waals surface area contributed by atoms with E-state index in [0.29, 0.717) is 26.4 Å². The molecule has 0 N–H and O–H groups in total. The summed E-state index contributed by atoms with van der Waals surface area (Å²) in [6, 6.07) is 30.9. The summed E-state index contributed by atoms with van der Waals surface area (Å²) in [6.07, 6.45) is 5.47. The fourth-order valence-corrected chi connectivity index (χ4v) is 6.98. The van der Waals surface area contributed by atoms with E-state index < -0.39 is 24.4 Å². The average Bonchev–Trinajstić information content (AvgIpc) is 3.31. The molecule has 0 aliphatic carbocycles. The van der Waals surface area contributed by atoms with Gasteiger partial charge in [0.05, 0.1) is 49.8 Å². The fourth-order valence-electron chi connectivity index (χ4n) is 6.58. The van der Waals surface area contributed by atoms with E-state index in [1.165, 1.54) is 19.3 Å². The summed E-state index contributed by atoms with van der Waals surface area (Å²) in [5.41, 5.74) is 2.36. The highest BCUT2D eigenvalue weighted by molar-refractivity contribution is 9.09. The summed E-state index contributed by atoms with van der Waals surface area (Å²) in [5, 5.41) is 1.05. The molecular weight excluding hydrogens is 667 g/mol. The van der Waals surface area contributed by atoms with Crippen molar-refractivity contribution in [1.29, 1.82) is 0 Å². The molecule has 2 heterocycles. The Bertz CT molecular complexity index is 1310. The van der Waals surface area contributed by atoms with Crippen LogP contribution in [0, 0.1) is 0 Å². The molecule has 6 nitrogen and oxygen atoms in total. The second-order valence-electron chi connectivity index (χ2n) is 14.2. The van der Waals surface area contributed by atoms with Crippen LogP contribution in [0.4, 0.5) is 0 Å². The fraction of sp³-hybridized carbons (Fsp3) is 0.550. The van der Waals surface area contributed by atoms with Crippen molar-refractivity contribution in [3.05, 3.63) is 108 Å².